The Morgan fingerprint density at radius 2 is 1.94 bits per heavy atom. The van der Waals surface area contributed by atoms with Gasteiger partial charge in [-0.3, -0.25) is 0 Å². The standard InChI is InChI=1S/C24H24ClFN6O4/c1-35-21-13-17-20(28-15-29-23(17)30-16-6-7-19(26)18(25)12-16)14-22(21)36-11-5-3-2-4-9-31-10-8-27-24(31)32(33)34/h6-8,10,12-15H,2-5,9,11H2,1H3,(H,28,29,30). The summed E-state index contributed by atoms with van der Waals surface area (Å²) >= 11 is 5.88. The van der Waals surface area contributed by atoms with Crippen molar-refractivity contribution in [1.29, 1.82) is 0 Å². The Labute approximate surface area is 211 Å². The number of nitrogens with zero attached hydrogens (tertiary/aromatic N) is 5. The summed E-state index contributed by atoms with van der Waals surface area (Å²) in [6, 6.07) is 7.91. The molecule has 0 aliphatic heterocycles. The molecule has 0 atom stereocenters. The molecule has 12 heteroatoms. The summed E-state index contributed by atoms with van der Waals surface area (Å²) in [4.78, 5) is 22.8. The van der Waals surface area contributed by atoms with E-state index in [2.05, 4.69) is 20.3 Å². The fraction of sp³-hybridized carbons (Fsp3) is 0.292. The first kappa shape index (κ1) is 25.1. The minimum atomic E-state index is -0.500. The predicted octanol–water partition coefficient (Wildman–Crippen LogP) is 5.92. The number of hydrogen-bond donors (Lipinski definition) is 1. The van der Waals surface area contributed by atoms with Crippen molar-refractivity contribution in [3.8, 4) is 11.5 Å². The Balaban J connectivity index is 1.34. The molecule has 0 saturated carbocycles. The molecule has 2 heterocycles. The number of ether oxygens (including phenoxy) is 2. The number of imidazole rings is 1. The van der Waals surface area contributed by atoms with Gasteiger partial charge in [0.15, 0.2) is 11.5 Å². The number of rotatable bonds is 12. The van der Waals surface area contributed by atoms with Crippen LogP contribution in [0.1, 0.15) is 25.7 Å². The minimum absolute atomic E-state index is 0.00895. The molecule has 10 nitrogen and oxygen atoms in total. The zero-order valence-corrected chi connectivity index (χ0v) is 20.2. The topological polar surface area (TPSA) is 117 Å². The van der Waals surface area contributed by atoms with Gasteiger partial charge in [0.25, 0.3) is 0 Å². The van der Waals surface area contributed by atoms with Crippen molar-refractivity contribution in [2.45, 2.75) is 32.2 Å². The van der Waals surface area contributed by atoms with E-state index in [-0.39, 0.29) is 11.0 Å². The van der Waals surface area contributed by atoms with Gasteiger partial charge in [0.05, 0.1) is 30.8 Å². The lowest BCUT2D eigenvalue weighted by Gasteiger charge is -2.14. The van der Waals surface area contributed by atoms with Gasteiger partial charge in [-0.15, -0.1) is 0 Å². The molecule has 0 aliphatic rings. The Morgan fingerprint density at radius 3 is 2.72 bits per heavy atom. The second-order valence-corrected chi connectivity index (χ2v) is 8.34. The molecule has 0 saturated heterocycles. The maximum Gasteiger partial charge on any atom is 0.434 e. The highest BCUT2D eigenvalue weighted by atomic mass is 35.5. The largest absolute Gasteiger partial charge is 0.493 e. The number of halogens is 2. The fourth-order valence-electron chi connectivity index (χ4n) is 3.71. The highest BCUT2D eigenvalue weighted by Gasteiger charge is 2.14. The Bertz CT molecular complexity index is 1370. The molecule has 0 amide bonds. The number of benzene rings is 2. The molecule has 0 radical (unpaired) electrons. The smallest absolute Gasteiger partial charge is 0.434 e. The molecule has 2 aromatic heterocycles. The average Bonchev–Trinajstić information content (AvgIpc) is 3.34. The number of methoxy groups -OCH3 is 1. The number of nitrogens with one attached hydrogen (secondary N) is 1. The van der Waals surface area contributed by atoms with Gasteiger partial charge < -0.3 is 24.9 Å². The Kier molecular flexibility index (Phi) is 8.11. The first-order valence-corrected chi connectivity index (χ1v) is 11.7. The summed E-state index contributed by atoms with van der Waals surface area (Å²) in [6.07, 6.45) is 7.92. The summed E-state index contributed by atoms with van der Waals surface area (Å²) < 4.78 is 26.5. The molecule has 0 spiro atoms. The number of unbranched alkanes of at least 4 members (excludes halogenated alkanes) is 3. The molecule has 0 fully saturated rings. The molecule has 36 heavy (non-hydrogen) atoms. The lowest BCUT2D eigenvalue weighted by atomic mass is 10.2. The zero-order chi connectivity index (χ0) is 25.5. The van der Waals surface area contributed by atoms with Crippen molar-refractivity contribution < 1.29 is 18.8 Å². The van der Waals surface area contributed by atoms with Gasteiger partial charge >= 0.3 is 5.95 Å². The van der Waals surface area contributed by atoms with Gasteiger partial charge in [-0.2, -0.15) is 0 Å². The SMILES string of the molecule is COc1cc2c(Nc3ccc(F)c(Cl)c3)ncnc2cc1OCCCCCCn1ccnc1[N+](=O)[O-]. The van der Waals surface area contributed by atoms with Crippen molar-refractivity contribution in [3.05, 3.63) is 70.0 Å². The van der Waals surface area contributed by atoms with Gasteiger partial charge in [0.2, 0.25) is 0 Å². The third-order valence-corrected chi connectivity index (χ3v) is 5.80. The molecular weight excluding hydrogens is 491 g/mol. The molecule has 4 rings (SSSR count). The van der Waals surface area contributed by atoms with Gasteiger partial charge in [-0.25, -0.2) is 18.9 Å². The molecule has 188 valence electrons. The molecule has 2 aromatic carbocycles. The summed E-state index contributed by atoms with van der Waals surface area (Å²) in [5, 5.41) is 14.8. The van der Waals surface area contributed by atoms with E-state index in [1.54, 1.807) is 36.1 Å². The maximum absolute atomic E-state index is 13.5. The van der Waals surface area contributed by atoms with Crippen molar-refractivity contribution >= 4 is 40.0 Å². The molecule has 4 aromatic rings. The lowest BCUT2D eigenvalue weighted by Crippen LogP contribution is -2.04. The van der Waals surface area contributed by atoms with E-state index in [0.29, 0.717) is 47.1 Å². The van der Waals surface area contributed by atoms with E-state index < -0.39 is 10.7 Å². The quantitative estimate of drug-likeness (QED) is 0.141. The summed E-state index contributed by atoms with van der Waals surface area (Å²) in [7, 11) is 1.56. The van der Waals surface area contributed by atoms with Gasteiger partial charge in [-0.1, -0.05) is 23.0 Å². The van der Waals surface area contributed by atoms with Gasteiger partial charge in [0.1, 0.15) is 30.4 Å². The zero-order valence-electron chi connectivity index (χ0n) is 19.5. The number of nitro groups is 1. The molecule has 1 N–H and O–H groups in total. The third-order valence-electron chi connectivity index (χ3n) is 5.51. The number of fused-ring (bicyclic) bond motifs is 1. The van der Waals surface area contributed by atoms with Crippen LogP contribution in [0.5, 0.6) is 11.5 Å². The van der Waals surface area contributed by atoms with Crippen LogP contribution in [0.3, 0.4) is 0 Å². The van der Waals surface area contributed by atoms with E-state index in [4.69, 9.17) is 21.1 Å². The van der Waals surface area contributed by atoms with Crippen LogP contribution in [0.25, 0.3) is 10.9 Å². The van der Waals surface area contributed by atoms with Crippen LogP contribution >= 0.6 is 11.6 Å². The summed E-state index contributed by atoms with van der Waals surface area (Å²) in [5.41, 5.74) is 1.24. The number of hydrogen-bond acceptors (Lipinski definition) is 8. The first-order chi connectivity index (χ1) is 17.5. The van der Waals surface area contributed by atoms with Gasteiger partial charge in [-0.05, 0) is 48.5 Å². The van der Waals surface area contributed by atoms with Crippen molar-refractivity contribution in [1.82, 2.24) is 19.5 Å². The highest BCUT2D eigenvalue weighted by molar-refractivity contribution is 6.31. The van der Waals surface area contributed by atoms with Crippen molar-refractivity contribution in [2.24, 2.45) is 0 Å². The lowest BCUT2D eigenvalue weighted by molar-refractivity contribution is -0.396. The van der Waals surface area contributed by atoms with Crippen LogP contribution < -0.4 is 14.8 Å². The molecule has 0 bridgehead atoms. The minimum Gasteiger partial charge on any atom is -0.493 e. The van der Waals surface area contributed by atoms with E-state index in [1.807, 2.05) is 0 Å². The normalized spacial score (nSPS) is 11.0. The second-order valence-electron chi connectivity index (χ2n) is 7.94. The van der Waals surface area contributed by atoms with Crippen LogP contribution in [0.2, 0.25) is 5.02 Å². The number of aromatic nitrogens is 4. The maximum atomic E-state index is 13.5. The fourth-order valence-corrected chi connectivity index (χ4v) is 3.89. The van der Waals surface area contributed by atoms with Crippen LogP contribution in [0, 0.1) is 15.9 Å². The Hall–Kier alpha value is -3.99. The van der Waals surface area contributed by atoms with E-state index in [0.717, 1.165) is 25.7 Å². The second kappa shape index (κ2) is 11.6. The monoisotopic (exact) mass is 514 g/mol. The molecule has 0 unspecified atom stereocenters. The first-order valence-electron chi connectivity index (χ1n) is 11.3. The third kappa shape index (κ3) is 5.98. The summed E-state index contributed by atoms with van der Waals surface area (Å²) in [5.74, 6) is 0.981. The van der Waals surface area contributed by atoms with Crippen LogP contribution in [0.4, 0.5) is 21.8 Å². The summed E-state index contributed by atoms with van der Waals surface area (Å²) in [6.45, 7) is 1.03. The van der Waals surface area contributed by atoms with E-state index >= 15 is 0 Å². The predicted molar refractivity (Wildman–Crippen MR) is 134 cm³/mol. The van der Waals surface area contributed by atoms with Crippen molar-refractivity contribution in [2.75, 3.05) is 19.0 Å². The number of aryl methyl sites for hydroxylation is 1. The van der Waals surface area contributed by atoms with Crippen LogP contribution in [-0.4, -0.2) is 38.2 Å². The average molecular weight is 515 g/mol. The van der Waals surface area contributed by atoms with Crippen LogP contribution in [0.15, 0.2) is 49.1 Å². The van der Waals surface area contributed by atoms with E-state index in [1.165, 1.54) is 24.7 Å². The highest BCUT2D eigenvalue weighted by Crippen LogP contribution is 2.35. The molecular formula is C24H24ClFN6O4. The van der Waals surface area contributed by atoms with Crippen molar-refractivity contribution in [3.63, 3.8) is 0 Å². The van der Waals surface area contributed by atoms with E-state index in [9.17, 15) is 14.5 Å². The Morgan fingerprint density at radius 1 is 1.11 bits per heavy atom. The van der Waals surface area contributed by atoms with Gasteiger partial charge in [0, 0.05) is 17.1 Å². The van der Waals surface area contributed by atoms with Crippen LogP contribution in [-0.2, 0) is 6.54 Å². The molecule has 0 aliphatic carbocycles. The number of anilines is 2.